The SMILES string of the molecule is CC1=CC(C)(C2(C)C=C(C)NC(=O)N2)NC(=O)N1. The van der Waals surface area contributed by atoms with Crippen molar-refractivity contribution in [3.8, 4) is 0 Å². The molecular formula is C12H18N4O2. The van der Waals surface area contributed by atoms with Crippen LogP contribution in [0.3, 0.4) is 0 Å². The van der Waals surface area contributed by atoms with Crippen LogP contribution >= 0.6 is 0 Å². The summed E-state index contributed by atoms with van der Waals surface area (Å²) >= 11 is 0. The van der Waals surface area contributed by atoms with Gasteiger partial charge in [-0.15, -0.1) is 0 Å². The van der Waals surface area contributed by atoms with Crippen LogP contribution in [0.2, 0.25) is 0 Å². The summed E-state index contributed by atoms with van der Waals surface area (Å²) in [5.41, 5.74) is 0.166. The number of urea groups is 2. The van der Waals surface area contributed by atoms with E-state index >= 15 is 0 Å². The maximum Gasteiger partial charge on any atom is 0.319 e. The first-order valence-electron chi connectivity index (χ1n) is 5.81. The number of amides is 4. The van der Waals surface area contributed by atoms with Gasteiger partial charge >= 0.3 is 12.1 Å². The molecule has 98 valence electrons. The number of rotatable bonds is 1. The van der Waals surface area contributed by atoms with Gasteiger partial charge < -0.3 is 21.3 Å². The zero-order valence-electron chi connectivity index (χ0n) is 11.0. The highest BCUT2D eigenvalue weighted by atomic mass is 16.2. The fourth-order valence-corrected chi connectivity index (χ4v) is 2.46. The van der Waals surface area contributed by atoms with Gasteiger partial charge in [0.2, 0.25) is 0 Å². The molecule has 6 heteroatoms. The second-order valence-electron chi connectivity index (χ2n) is 5.22. The quantitative estimate of drug-likeness (QED) is 0.558. The Labute approximate surface area is 106 Å². The van der Waals surface area contributed by atoms with Crippen LogP contribution in [0.15, 0.2) is 23.5 Å². The van der Waals surface area contributed by atoms with Crippen LogP contribution in [0, 0.1) is 0 Å². The molecule has 0 aliphatic carbocycles. The molecule has 0 saturated carbocycles. The van der Waals surface area contributed by atoms with Crippen molar-refractivity contribution >= 4 is 12.1 Å². The van der Waals surface area contributed by atoms with Gasteiger partial charge in [-0.2, -0.15) is 0 Å². The van der Waals surface area contributed by atoms with E-state index in [1.54, 1.807) is 0 Å². The second-order valence-corrected chi connectivity index (χ2v) is 5.22. The molecule has 18 heavy (non-hydrogen) atoms. The Balaban J connectivity index is 2.46. The van der Waals surface area contributed by atoms with Crippen LogP contribution in [0.1, 0.15) is 27.7 Å². The number of nitrogens with one attached hydrogen (secondary N) is 4. The van der Waals surface area contributed by atoms with Crippen molar-refractivity contribution in [2.24, 2.45) is 0 Å². The van der Waals surface area contributed by atoms with Gasteiger partial charge in [0.05, 0.1) is 11.1 Å². The Morgan fingerprint density at radius 1 is 0.833 bits per heavy atom. The molecule has 2 atom stereocenters. The summed E-state index contributed by atoms with van der Waals surface area (Å²) < 4.78 is 0. The molecule has 4 N–H and O–H groups in total. The number of hydrogen-bond donors (Lipinski definition) is 4. The minimum atomic E-state index is -0.682. The summed E-state index contributed by atoms with van der Waals surface area (Å²) in [5.74, 6) is 0. The minimum absolute atomic E-state index is 0.266. The summed E-state index contributed by atoms with van der Waals surface area (Å²) in [4.78, 5) is 23.2. The van der Waals surface area contributed by atoms with E-state index in [2.05, 4.69) is 21.3 Å². The molecule has 0 aromatic rings. The third-order valence-electron chi connectivity index (χ3n) is 3.46. The fraction of sp³-hybridized carbons (Fsp3) is 0.500. The smallest absolute Gasteiger partial charge is 0.319 e. The Kier molecular flexibility index (Phi) is 2.61. The van der Waals surface area contributed by atoms with Crippen molar-refractivity contribution in [1.82, 2.24) is 21.3 Å². The van der Waals surface area contributed by atoms with E-state index in [0.717, 1.165) is 11.4 Å². The highest BCUT2D eigenvalue weighted by Gasteiger charge is 2.47. The molecule has 2 unspecified atom stereocenters. The average Bonchev–Trinajstić information content (AvgIpc) is 2.11. The summed E-state index contributed by atoms with van der Waals surface area (Å²) in [7, 11) is 0. The van der Waals surface area contributed by atoms with Crippen LogP contribution in [-0.4, -0.2) is 23.1 Å². The van der Waals surface area contributed by atoms with Gasteiger partial charge in [-0.25, -0.2) is 9.59 Å². The van der Waals surface area contributed by atoms with Gasteiger partial charge in [0.15, 0.2) is 0 Å². The summed E-state index contributed by atoms with van der Waals surface area (Å²) in [5, 5.41) is 11.1. The summed E-state index contributed by atoms with van der Waals surface area (Å²) in [6, 6.07) is -0.532. The van der Waals surface area contributed by atoms with E-state index in [9.17, 15) is 9.59 Å². The third-order valence-corrected chi connectivity index (χ3v) is 3.46. The third kappa shape index (κ3) is 1.94. The maximum atomic E-state index is 11.6. The van der Waals surface area contributed by atoms with Crippen molar-refractivity contribution in [3.05, 3.63) is 23.5 Å². The second kappa shape index (κ2) is 3.76. The molecule has 0 aromatic carbocycles. The van der Waals surface area contributed by atoms with Crippen LogP contribution in [0.25, 0.3) is 0 Å². The van der Waals surface area contributed by atoms with Crippen molar-refractivity contribution in [3.63, 3.8) is 0 Å². The van der Waals surface area contributed by atoms with Crippen LogP contribution in [0.4, 0.5) is 9.59 Å². The van der Waals surface area contributed by atoms with Crippen LogP contribution in [0.5, 0.6) is 0 Å². The lowest BCUT2D eigenvalue weighted by Crippen LogP contribution is -2.71. The van der Waals surface area contributed by atoms with Gasteiger partial charge in [0, 0.05) is 11.4 Å². The van der Waals surface area contributed by atoms with Gasteiger partial charge in [-0.1, -0.05) is 0 Å². The Morgan fingerprint density at radius 3 is 1.44 bits per heavy atom. The van der Waals surface area contributed by atoms with E-state index in [1.807, 2.05) is 39.8 Å². The van der Waals surface area contributed by atoms with E-state index in [-0.39, 0.29) is 12.1 Å². The Morgan fingerprint density at radius 2 is 1.17 bits per heavy atom. The predicted molar refractivity (Wildman–Crippen MR) is 67.7 cm³/mol. The largest absolute Gasteiger partial charge is 0.326 e. The predicted octanol–water partition coefficient (Wildman–Crippen LogP) is 0.937. The molecule has 0 fully saturated rings. The molecule has 4 amide bonds. The lowest BCUT2D eigenvalue weighted by atomic mass is 9.76. The zero-order valence-corrected chi connectivity index (χ0v) is 11.0. The monoisotopic (exact) mass is 250 g/mol. The van der Waals surface area contributed by atoms with Crippen LogP contribution < -0.4 is 21.3 Å². The highest BCUT2D eigenvalue weighted by molar-refractivity contribution is 5.82. The number of carbonyl (C=O) groups excluding carboxylic acids is 2. The zero-order chi connectivity index (χ0) is 13.6. The number of carbonyl (C=O) groups is 2. The lowest BCUT2D eigenvalue weighted by Gasteiger charge is -2.47. The molecule has 2 rings (SSSR count). The highest BCUT2D eigenvalue weighted by Crippen LogP contribution is 2.30. The maximum absolute atomic E-state index is 11.6. The molecule has 2 aliphatic rings. The Hall–Kier alpha value is -1.98. The van der Waals surface area contributed by atoms with Crippen LogP contribution in [-0.2, 0) is 0 Å². The number of allylic oxidation sites excluding steroid dienone is 2. The first kappa shape index (κ1) is 12.5. The van der Waals surface area contributed by atoms with Gasteiger partial charge in [-0.3, -0.25) is 0 Å². The fourth-order valence-electron chi connectivity index (χ4n) is 2.46. The van der Waals surface area contributed by atoms with E-state index in [4.69, 9.17) is 0 Å². The van der Waals surface area contributed by atoms with Crippen molar-refractivity contribution < 1.29 is 9.59 Å². The molecular weight excluding hydrogens is 232 g/mol. The summed E-state index contributed by atoms with van der Waals surface area (Å²) in [6.07, 6.45) is 3.81. The molecule has 0 radical (unpaired) electrons. The first-order chi connectivity index (χ1) is 8.24. The first-order valence-corrected chi connectivity index (χ1v) is 5.81. The molecule has 0 spiro atoms. The van der Waals surface area contributed by atoms with E-state index < -0.39 is 11.1 Å². The molecule has 0 aromatic heterocycles. The molecule has 0 saturated heterocycles. The van der Waals surface area contributed by atoms with Crippen molar-refractivity contribution in [2.75, 3.05) is 0 Å². The molecule has 0 bridgehead atoms. The normalized spacial score (nSPS) is 35.6. The van der Waals surface area contributed by atoms with Crippen molar-refractivity contribution in [1.29, 1.82) is 0 Å². The molecule has 6 nitrogen and oxygen atoms in total. The standard InChI is InChI=1S/C12H18N4O2/c1-7-5-11(3,15-9(17)13-7)12(4)6-8(2)14-10(18)16-12/h5-6H,1-4H3,(H2,13,15,17)(H2,14,16,18). The number of hydrogen-bond acceptors (Lipinski definition) is 2. The van der Waals surface area contributed by atoms with Crippen molar-refractivity contribution in [2.45, 2.75) is 38.8 Å². The van der Waals surface area contributed by atoms with Gasteiger partial charge in [0.25, 0.3) is 0 Å². The summed E-state index contributed by atoms with van der Waals surface area (Å²) in [6.45, 7) is 7.40. The van der Waals surface area contributed by atoms with Gasteiger partial charge in [0.1, 0.15) is 0 Å². The minimum Gasteiger partial charge on any atom is -0.326 e. The Bertz CT molecular complexity index is 438. The molecule has 2 aliphatic heterocycles. The topological polar surface area (TPSA) is 82.3 Å². The van der Waals surface area contributed by atoms with E-state index in [0.29, 0.717) is 0 Å². The lowest BCUT2D eigenvalue weighted by molar-refractivity contribution is 0.195. The average molecular weight is 250 g/mol. The van der Waals surface area contributed by atoms with E-state index in [1.165, 1.54) is 0 Å². The molecule has 2 heterocycles. The van der Waals surface area contributed by atoms with Gasteiger partial charge in [-0.05, 0) is 39.8 Å².